The van der Waals surface area contributed by atoms with Crippen LogP contribution in [-0.2, 0) is 0 Å². The van der Waals surface area contributed by atoms with Gasteiger partial charge in [-0.1, -0.05) is 26.3 Å². The first-order valence-electron chi connectivity index (χ1n) is 8.84. The van der Waals surface area contributed by atoms with Crippen LogP contribution in [0.25, 0.3) is 0 Å². The molecule has 2 aromatic carbocycles. The third kappa shape index (κ3) is 2.95. The van der Waals surface area contributed by atoms with Crippen LogP contribution in [0, 0.1) is 12.8 Å². The largest absolute Gasteiger partial charge is 0.508 e. The van der Waals surface area contributed by atoms with E-state index in [0.717, 1.165) is 41.7 Å². The van der Waals surface area contributed by atoms with Gasteiger partial charge in [-0.2, -0.15) is 0 Å². The number of hydrogen-bond donors (Lipinski definition) is 2. The summed E-state index contributed by atoms with van der Waals surface area (Å²) in [6.07, 6.45) is 3.15. The lowest BCUT2D eigenvalue weighted by Gasteiger charge is -2.40. The highest BCUT2D eigenvalue weighted by Gasteiger charge is 2.38. The second-order valence-electron chi connectivity index (χ2n) is 6.77. The molecule has 1 heterocycles. The number of aromatic hydroxyl groups is 2. The lowest BCUT2D eigenvalue weighted by molar-refractivity contribution is 0.0847. The molecule has 1 aliphatic heterocycles. The summed E-state index contributed by atoms with van der Waals surface area (Å²) in [5.74, 6) is 2.17. The zero-order chi connectivity index (χ0) is 17.3. The zero-order valence-corrected chi connectivity index (χ0v) is 14.6. The first-order valence-corrected chi connectivity index (χ1v) is 8.84. The number of phenolic OH excluding ortho intramolecular Hbond substituents is 2. The average Bonchev–Trinajstić information content (AvgIpc) is 2.55. The average molecular weight is 326 g/mol. The maximum Gasteiger partial charge on any atom is 0.127 e. The number of fused-ring (bicyclic) bond motifs is 1. The monoisotopic (exact) mass is 326 g/mol. The number of phenols is 2. The smallest absolute Gasteiger partial charge is 0.127 e. The Balaban J connectivity index is 2.09. The molecule has 0 amide bonds. The van der Waals surface area contributed by atoms with Crippen molar-refractivity contribution in [2.75, 3.05) is 0 Å². The molecule has 0 saturated heterocycles. The quantitative estimate of drug-likeness (QED) is 0.785. The Morgan fingerprint density at radius 3 is 2.33 bits per heavy atom. The van der Waals surface area contributed by atoms with Crippen LogP contribution in [0.3, 0.4) is 0 Å². The van der Waals surface area contributed by atoms with E-state index in [4.69, 9.17) is 4.74 Å². The van der Waals surface area contributed by atoms with Gasteiger partial charge >= 0.3 is 0 Å². The van der Waals surface area contributed by atoms with Crippen LogP contribution in [0.1, 0.15) is 61.8 Å². The van der Waals surface area contributed by atoms with Crippen LogP contribution in [0.5, 0.6) is 17.2 Å². The molecule has 0 fully saturated rings. The van der Waals surface area contributed by atoms with Gasteiger partial charge in [0.05, 0.1) is 0 Å². The number of aryl methyl sites for hydroxylation is 1. The van der Waals surface area contributed by atoms with Crippen molar-refractivity contribution in [1.29, 1.82) is 0 Å². The SMILES string of the molecule is CCCC1c2cc(O)ccc2OC(c2ccc(O)cc2C)C1CC. The lowest BCUT2D eigenvalue weighted by Crippen LogP contribution is -2.30. The molecule has 2 aromatic rings. The van der Waals surface area contributed by atoms with Crippen molar-refractivity contribution >= 4 is 0 Å². The summed E-state index contributed by atoms with van der Waals surface area (Å²) in [6.45, 7) is 6.42. The Labute approximate surface area is 143 Å². The van der Waals surface area contributed by atoms with E-state index in [1.54, 1.807) is 18.2 Å². The van der Waals surface area contributed by atoms with Crippen LogP contribution in [0.4, 0.5) is 0 Å². The zero-order valence-electron chi connectivity index (χ0n) is 14.6. The molecule has 0 radical (unpaired) electrons. The van der Waals surface area contributed by atoms with Crippen molar-refractivity contribution < 1.29 is 14.9 Å². The van der Waals surface area contributed by atoms with E-state index in [0.29, 0.717) is 17.6 Å². The molecule has 128 valence electrons. The van der Waals surface area contributed by atoms with Crippen molar-refractivity contribution in [3.05, 3.63) is 53.1 Å². The summed E-state index contributed by atoms with van der Waals surface area (Å²) < 4.78 is 6.38. The maximum atomic E-state index is 9.91. The summed E-state index contributed by atoms with van der Waals surface area (Å²) in [7, 11) is 0. The van der Waals surface area contributed by atoms with Gasteiger partial charge in [-0.05, 0) is 67.1 Å². The highest BCUT2D eigenvalue weighted by Crippen LogP contribution is 2.50. The second-order valence-corrected chi connectivity index (χ2v) is 6.77. The summed E-state index contributed by atoms with van der Waals surface area (Å²) in [5.41, 5.74) is 3.31. The van der Waals surface area contributed by atoms with Crippen molar-refractivity contribution in [3.63, 3.8) is 0 Å². The first kappa shape index (κ1) is 16.7. The van der Waals surface area contributed by atoms with Gasteiger partial charge in [-0.15, -0.1) is 0 Å². The second kappa shape index (κ2) is 6.76. The highest BCUT2D eigenvalue weighted by atomic mass is 16.5. The van der Waals surface area contributed by atoms with Gasteiger partial charge in [0.2, 0.25) is 0 Å². The van der Waals surface area contributed by atoms with Crippen LogP contribution in [0.15, 0.2) is 36.4 Å². The molecule has 2 N–H and O–H groups in total. The fourth-order valence-electron chi connectivity index (χ4n) is 4.05. The summed E-state index contributed by atoms with van der Waals surface area (Å²) in [6, 6.07) is 10.9. The molecule has 0 bridgehead atoms. The molecule has 3 unspecified atom stereocenters. The molecule has 3 nitrogen and oxygen atoms in total. The van der Waals surface area contributed by atoms with E-state index in [9.17, 15) is 10.2 Å². The highest BCUT2D eigenvalue weighted by molar-refractivity contribution is 5.46. The van der Waals surface area contributed by atoms with E-state index >= 15 is 0 Å². The summed E-state index contributed by atoms with van der Waals surface area (Å²) >= 11 is 0. The van der Waals surface area contributed by atoms with E-state index in [-0.39, 0.29) is 11.9 Å². The molecule has 0 spiro atoms. The molecule has 3 heteroatoms. The Hall–Kier alpha value is -2.16. The fourth-order valence-corrected chi connectivity index (χ4v) is 4.05. The molecule has 3 rings (SSSR count). The fraction of sp³-hybridized carbons (Fsp3) is 0.429. The van der Waals surface area contributed by atoms with E-state index in [1.165, 1.54) is 0 Å². The minimum Gasteiger partial charge on any atom is -0.508 e. The van der Waals surface area contributed by atoms with Crippen LogP contribution in [-0.4, -0.2) is 10.2 Å². The molecular formula is C21H26O3. The standard InChI is InChI=1S/C21H26O3/c1-4-6-18-16(5-2)21(17-9-7-14(22)11-13(17)3)24-20-10-8-15(23)12-19(18)20/h7-12,16,18,21-23H,4-6H2,1-3H3. The normalized spacial score (nSPS) is 22.7. The van der Waals surface area contributed by atoms with Crippen molar-refractivity contribution in [2.24, 2.45) is 5.92 Å². The van der Waals surface area contributed by atoms with Crippen LogP contribution >= 0.6 is 0 Å². The van der Waals surface area contributed by atoms with Crippen molar-refractivity contribution in [1.82, 2.24) is 0 Å². The molecule has 0 aliphatic carbocycles. The van der Waals surface area contributed by atoms with Gasteiger partial charge in [0, 0.05) is 11.5 Å². The van der Waals surface area contributed by atoms with E-state index in [2.05, 4.69) is 13.8 Å². The summed E-state index contributed by atoms with van der Waals surface area (Å²) in [5, 5.41) is 19.6. The number of hydrogen-bond acceptors (Lipinski definition) is 3. The van der Waals surface area contributed by atoms with Gasteiger partial charge in [-0.3, -0.25) is 0 Å². The van der Waals surface area contributed by atoms with Gasteiger partial charge in [-0.25, -0.2) is 0 Å². The van der Waals surface area contributed by atoms with Crippen molar-refractivity contribution in [2.45, 2.75) is 52.1 Å². The number of rotatable bonds is 4. The Bertz CT molecular complexity index is 723. The molecule has 0 saturated carbocycles. The Morgan fingerprint density at radius 2 is 1.67 bits per heavy atom. The molecule has 0 aromatic heterocycles. The number of ether oxygens (including phenoxy) is 1. The molecule has 3 atom stereocenters. The first-order chi connectivity index (χ1) is 11.5. The predicted molar refractivity (Wildman–Crippen MR) is 95.7 cm³/mol. The third-order valence-corrected chi connectivity index (χ3v) is 5.18. The van der Waals surface area contributed by atoms with Gasteiger partial charge in [0.15, 0.2) is 0 Å². The molecule has 24 heavy (non-hydrogen) atoms. The van der Waals surface area contributed by atoms with Gasteiger partial charge in [0.1, 0.15) is 23.4 Å². The van der Waals surface area contributed by atoms with Crippen LogP contribution < -0.4 is 4.74 Å². The minimum absolute atomic E-state index is 0.0239. The number of benzene rings is 2. The molecule has 1 aliphatic rings. The maximum absolute atomic E-state index is 9.91. The predicted octanol–water partition coefficient (Wildman–Crippen LogP) is 5.45. The van der Waals surface area contributed by atoms with Crippen LogP contribution in [0.2, 0.25) is 0 Å². The Morgan fingerprint density at radius 1 is 0.958 bits per heavy atom. The third-order valence-electron chi connectivity index (χ3n) is 5.18. The Kier molecular flexibility index (Phi) is 4.70. The van der Waals surface area contributed by atoms with E-state index < -0.39 is 0 Å². The summed E-state index contributed by atoms with van der Waals surface area (Å²) in [4.78, 5) is 0. The molecular weight excluding hydrogens is 300 g/mol. The van der Waals surface area contributed by atoms with Gasteiger partial charge < -0.3 is 14.9 Å². The van der Waals surface area contributed by atoms with E-state index in [1.807, 2.05) is 25.1 Å². The lowest BCUT2D eigenvalue weighted by atomic mass is 9.74. The van der Waals surface area contributed by atoms with Crippen molar-refractivity contribution in [3.8, 4) is 17.2 Å². The minimum atomic E-state index is -0.0239. The van der Waals surface area contributed by atoms with Gasteiger partial charge in [0.25, 0.3) is 0 Å². The topological polar surface area (TPSA) is 49.7 Å².